The molecule has 2 rings (SSSR count). The molecule has 0 saturated heterocycles. The maximum absolute atomic E-state index is 12.3. The number of amides is 2. The molecule has 7 nitrogen and oxygen atoms in total. The molecule has 0 aliphatic rings. The summed E-state index contributed by atoms with van der Waals surface area (Å²) in [5.74, 6) is 0.550. The first-order chi connectivity index (χ1) is 11.3. The van der Waals surface area contributed by atoms with Crippen LogP contribution in [0.3, 0.4) is 0 Å². The largest absolute Gasteiger partial charge is 0.340 e. The summed E-state index contributed by atoms with van der Waals surface area (Å²) in [7, 11) is -4.10. The number of benzene rings is 1. The Kier molecular flexibility index (Phi) is 5.63. The van der Waals surface area contributed by atoms with Crippen molar-refractivity contribution in [3.63, 3.8) is 0 Å². The molecule has 0 fully saturated rings. The molecule has 0 aliphatic carbocycles. The zero-order valence-corrected chi connectivity index (χ0v) is 14.6. The van der Waals surface area contributed by atoms with E-state index in [1.165, 1.54) is 12.1 Å². The van der Waals surface area contributed by atoms with Crippen LogP contribution in [0.25, 0.3) is 0 Å². The van der Waals surface area contributed by atoms with E-state index in [0.717, 1.165) is 0 Å². The van der Waals surface area contributed by atoms with E-state index in [2.05, 4.69) is 15.6 Å². The summed E-state index contributed by atoms with van der Waals surface area (Å²) in [6, 6.07) is 8.66. The van der Waals surface area contributed by atoms with Gasteiger partial charge in [-0.1, -0.05) is 17.7 Å². The summed E-state index contributed by atoms with van der Waals surface area (Å²) in [6.45, 7) is 3.44. The second-order valence-corrected chi connectivity index (χ2v) is 7.28. The summed E-state index contributed by atoms with van der Waals surface area (Å²) in [5, 5.41) is 5.42. The fourth-order valence-electron chi connectivity index (χ4n) is 1.84. The number of nitrogens with zero attached hydrogens (tertiary/aromatic N) is 1. The lowest BCUT2D eigenvalue weighted by atomic mass is 10.3. The van der Waals surface area contributed by atoms with Crippen molar-refractivity contribution in [2.45, 2.75) is 24.8 Å². The molecule has 24 heavy (non-hydrogen) atoms. The van der Waals surface area contributed by atoms with Gasteiger partial charge in [0.1, 0.15) is 10.7 Å². The number of aromatic nitrogens is 1. The van der Waals surface area contributed by atoms with Crippen LogP contribution in [0.4, 0.5) is 16.3 Å². The van der Waals surface area contributed by atoms with E-state index in [1.807, 2.05) is 4.72 Å². The van der Waals surface area contributed by atoms with Crippen molar-refractivity contribution in [2.75, 3.05) is 5.32 Å². The molecule has 2 aromatic rings. The van der Waals surface area contributed by atoms with Gasteiger partial charge in [-0.05, 0) is 44.2 Å². The molecule has 128 valence electrons. The summed E-state index contributed by atoms with van der Waals surface area (Å²) >= 11 is 5.98. The van der Waals surface area contributed by atoms with Gasteiger partial charge in [0.15, 0.2) is 0 Å². The number of rotatable bonds is 5. The minimum atomic E-state index is -4.10. The molecule has 1 heterocycles. The lowest BCUT2D eigenvalue weighted by molar-refractivity contribution is 0.243. The molecule has 0 spiro atoms. The summed E-state index contributed by atoms with van der Waals surface area (Å²) in [4.78, 5) is 15.6. The van der Waals surface area contributed by atoms with Gasteiger partial charge in [-0.3, -0.25) is 0 Å². The average Bonchev–Trinajstić information content (AvgIpc) is 2.48. The molecule has 3 N–H and O–H groups in total. The van der Waals surface area contributed by atoms with Gasteiger partial charge in [0, 0.05) is 17.9 Å². The maximum atomic E-state index is 12.3. The predicted octanol–water partition coefficient (Wildman–Crippen LogP) is 2.87. The van der Waals surface area contributed by atoms with E-state index in [9.17, 15) is 13.2 Å². The summed E-state index contributed by atoms with van der Waals surface area (Å²) in [5.41, 5.74) is 0.475. The van der Waals surface area contributed by atoms with Crippen molar-refractivity contribution in [1.29, 1.82) is 0 Å². The van der Waals surface area contributed by atoms with Crippen LogP contribution in [0.2, 0.25) is 5.02 Å². The third kappa shape index (κ3) is 4.84. The second-order valence-electron chi connectivity index (χ2n) is 5.22. The third-order valence-corrected chi connectivity index (χ3v) is 4.62. The first-order valence-electron chi connectivity index (χ1n) is 7.09. The number of carbonyl (C=O) groups excluding carboxylic acids is 1. The van der Waals surface area contributed by atoms with E-state index in [-0.39, 0.29) is 16.0 Å². The minimum absolute atomic E-state index is 0.00594. The van der Waals surface area contributed by atoms with Gasteiger partial charge < -0.3 is 10.6 Å². The standard InChI is InChI=1S/C15H17ClN4O3S/c1-10(2)18-15(21)20-24(22,23)13-9-11(6-7-12(13)16)19-14-5-3-4-8-17-14/h3-10H,1-2H3,(H,17,19)(H2,18,20,21). The monoisotopic (exact) mass is 368 g/mol. The van der Waals surface area contributed by atoms with Crippen LogP contribution in [0.5, 0.6) is 0 Å². The summed E-state index contributed by atoms with van der Waals surface area (Å²) in [6.07, 6.45) is 1.60. The van der Waals surface area contributed by atoms with E-state index in [4.69, 9.17) is 11.6 Å². The van der Waals surface area contributed by atoms with Crippen LogP contribution in [0, 0.1) is 0 Å². The minimum Gasteiger partial charge on any atom is -0.340 e. The number of carbonyl (C=O) groups is 1. The number of nitrogens with one attached hydrogen (secondary N) is 3. The first-order valence-corrected chi connectivity index (χ1v) is 8.95. The molecular weight excluding hydrogens is 352 g/mol. The van der Waals surface area contributed by atoms with E-state index >= 15 is 0 Å². The Balaban J connectivity index is 2.26. The SMILES string of the molecule is CC(C)NC(=O)NS(=O)(=O)c1cc(Nc2ccccn2)ccc1Cl. The van der Waals surface area contributed by atoms with Crippen molar-refractivity contribution >= 4 is 39.2 Å². The topological polar surface area (TPSA) is 100 Å². The lowest BCUT2D eigenvalue weighted by Gasteiger charge is -2.13. The Hall–Kier alpha value is -2.32. The highest BCUT2D eigenvalue weighted by Crippen LogP contribution is 2.26. The van der Waals surface area contributed by atoms with E-state index in [0.29, 0.717) is 11.5 Å². The van der Waals surface area contributed by atoms with Crippen LogP contribution in [0.1, 0.15) is 13.8 Å². The van der Waals surface area contributed by atoms with Gasteiger partial charge >= 0.3 is 6.03 Å². The van der Waals surface area contributed by atoms with Gasteiger partial charge in [-0.25, -0.2) is 22.9 Å². The third-order valence-electron chi connectivity index (χ3n) is 2.80. The van der Waals surface area contributed by atoms with E-state index in [1.54, 1.807) is 44.3 Å². The second kappa shape index (κ2) is 7.50. The molecule has 2 amide bonds. The van der Waals surface area contributed by atoms with Crippen molar-refractivity contribution in [2.24, 2.45) is 0 Å². The molecule has 0 saturated carbocycles. The number of hydrogen-bond donors (Lipinski definition) is 3. The maximum Gasteiger partial charge on any atom is 0.328 e. The van der Waals surface area contributed by atoms with Crippen LogP contribution in [0.15, 0.2) is 47.5 Å². The number of hydrogen-bond acceptors (Lipinski definition) is 5. The van der Waals surface area contributed by atoms with Crippen molar-refractivity contribution in [3.05, 3.63) is 47.6 Å². The lowest BCUT2D eigenvalue weighted by Crippen LogP contribution is -2.42. The Morgan fingerprint density at radius 2 is 1.96 bits per heavy atom. The van der Waals surface area contributed by atoms with Crippen LogP contribution >= 0.6 is 11.6 Å². The Morgan fingerprint density at radius 1 is 1.21 bits per heavy atom. The Morgan fingerprint density at radius 3 is 2.58 bits per heavy atom. The highest BCUT2D eigenvalue weighted by atomic mass is 35.5. The van der Waals surface area contributed by atoms with Crippen LogP contribution in [-0.2, 0) is 10.0 Å². The van der Waals surface area contributed by atoms with Gasteiger partial charge in [0.25, 0.3) is 10.0 Å². The Labute approximate surface area is 145 Å². The van der Waals surface area contributed by atoms with Gasteiger partial charge in [0.2, 0.25) is 0 Å². The molecule has 9 heteroatoms. The summed E-state index contributed by atoms with van der Waals surface area (Å²) < 4.78 is 26.6. The highest BCUT2D eigenvalue weighted by molar-refractivity contribution is 7.90. The predicted molar refractivity (Wildman–Crippen MR) is 93.0 cm³/mol. The number of pyridine rings is 1. The zero-order valence-electron chi connectivity index (χ0n) is 13.1. The fraction of sp³-hybridized carbons (Fsp3) is 0.200. The first kappa shape index (κ1) is 18.0. The molecule has 0 radical (unpaired) electrons. The van der Waals surface area contributed by atoms with Crippen molar-refractivity contribution < 1.29 is 13.2 Å². The number of anilines is 2. The quantitative estimate of drug-likeness (QED) is 0.753. The molecule has 0 atom stereocenters. The number of sulfonamides is 1. The van der Waals surface area contributed by atoms with Crippen LogP contribution < -0.4 is 15.4 Å². The van der Waals surface area contributed by atoms with Crippen molar-refractivity contribution in [3.8, 4) is 0 Å². The van der Waals surface area contributed by atoms with Gasteiger partial charge in [-0.15, -0.1) is 0 Å². The average molecular weight is 369 g/mol. The molecule has 1 aromatic heterocycles. The smallest absolute Gasteiger partial charge is 0.328 e. The molecule has 0 unspecified atom stereocenters. The van der Waals surface area contributed by atoms with Gasteiger partial charge in [-0.2, -0.15) is 0 Å². The fourth-order valence-corrected chi connectivity index (χ4v) is 3.28. The number of halogens is 1. The highest BCUT2D eigenvalue weighted by Gasteiger charge is 2.21. The molecule has 1 aromatic carbocycles. The van der Waals surface area contributed by atoms with Gasteiger partial charge in [0.05, 0.1) is 5.02 Å². The molecular formula is C15H17ClN4O3S. The van der Waals surface area contributed by atoms with E-state index < -0.39 is 16.1 Å². The zero-order chi connectivity index (χ0) is 17.7. The molecule has 0 aliphatic heterocycles. The Bertz CT molecular complexity index is 826. The normalized spacial score (nSPS) is 11.2. The van der Waals surface area contributed by atoms with Crippen molar-refractivity contribution in [1.82, 2.24) is 15.0 Å². The number of urea groups is 1. The molecule has 0 bridgehead atoms. The van der Waals surface area contributed by atoms with Crippen LogP contribution in [-0.4, -0.2) is 25.5 Å².